The first-order chi connectivity index (χ1) is 13.2. The Kier molecular flexibility index (Phi) is 6.93. The molecule has 5 nitrogen and oxygen atoms in total. The second-order valence-electron chi connectivity index (χ2n) is 6.02. The van der Waals surface area contributed by atoms with Gasteiger partial charge in [0.05, 0.1) is 13.0 Å². The fourth-order valence-corrected chi connectivity index (χ4v) is 3.00. The third kappa shape index (κ3) is 6.18. The van der Waals surface area contributed by atoms with Gasteiger partial charge in [-0.3, -0.25) is 14.8 Å². The lowest BCUT2D eigenvalue weighted by Crippen LogP contribution is -2.31. The van der Waals surface area contributed by atoms with Gasteiger partial charge in [0.15, 0.2) is 0 Å². The van der Waals surface area contributed by atoms with E-state index in [0.29, 0.717) is 26.1 Å². The van der Waals surface area contributed by atoms with Crippen molar-refractivity contribution >= 4 is 21.8 Å². The van der Waals surface area contributed by atoms with Gasteiger partial charge in [-0.1, -0.05) is 28.1 Å². The van der Waals surface area contributed by atoms with Crippen LogP contribution in [0.3, 0.4) is 0 Å². The molecule has 3 aromatic rings. The van der Waals surface area contributed by atoms with E-state index in [9.17, 15) is 4.79 Å². The van der Waals surface area contributed by atoms with Crippen LogP contribution in [0.4, 0.5) is 0 Å². The second-order valence-corrected chi connectivity index (χ2v) is 6.94. The van der Waals surface area contributed by atoms with Gasteiger partial charge in [0.25, 0.3) is 0 Å². The lowest BCUT2D eigenvalue weighted by Gasteiger charge is -2.23. The second kappa shape index (κ2) is 9.83. The minimum absolute atomic E-state index is 0.0330. The number of carbonyl (C=O) groups is 1. The van der Waals surface area contributed by atoms with Gasteiger partial charge in [0, 0.05) is 42.3 Å². The maximum absolute atomic E-state index is 12.8. The van der Waals surface area contributed by atoms with E-state index in [1.54, 1.807) is 24.8 Å². The third-order valence-corrected chi connectivity index (χ3v) is 4.45. The fourth-order valence-electron chi connectivity index (χ4n) is 2.62. The highest BCUT2D eigenvalue weighted by molar-refractivity contribution is 9.10. The van der Waals surface area contributed by atoms with Gasteiger partial charge in [-0.25, -0.2) is 0 Å². The first kappa shape index (κ1) is 19.0. The minimum Gasteiger partial charge on any atom is -0.493 e. The summed E-state index contributed by atoms with van der Waals surface area (Å²) in [6.07, 6.45) is 7.28. The summed E-state index contributed by atoms with van der Waals surface area (Å²) in [6.45, 7) is 1.36. The van der Waals surface area contributed by atoms with E-state index in [1.165, 1.54) is 0 Å². The van der Waals surface area contributed by atoms with E-state index in [1.807, 2.05) is 53.4 Å². The highest BCUT2D eigenvalue weighted by atomic mass is 79.9. The van der Waals surface area contributed by atoms with Crippen molar-refractivity contribution in [3.8, 4) is 5.75 Å². The lowest BCUT2D eigenvalue weighted by atomic mass is 10.2. The topological polar surface area (TPSA) is 55.3 Å². The number of carbonyl (C=O) groups excluding carboxylic acids is 1. The van der Waals surface area contributed by atoms with Crippen molar-refractivity contribution in [3.05, 3.63) is 88.9 Å². The molecule has 0 spiro atoms. The Morgan fingerprint density at radius 2 is 1.78 bits per heavy atom. The van der Waals surface area contributed by atoms with Crippen LogP contribution < -0.4 is 4.74 Å². The van der Waals surface area contributed by atoms with Crippen LogP contribution in [-0.4, -0.2) is 27.4 Å². The summed E-state index contributed by atoms with van der Waals surface area (Å²) in [4.78, 5) is 22.8. The summed E-state index contributed by atoms with van der Waals surface area (Å²) in [7, 11) is 0. The summed E-state index contributed by atoms with van der Waals surface area (Å²) in [6, 6.07) is 15.3. The zero-order valence-corrected chi connectivity index (χ0v) is 16.4. The van der Waals surface area contributed by atoms with Crippen molar-refractivity contribution in [3.63, 3.8) is 0 Å². The Hall–Kier alpha value is -2.73. The van der Waals surface area contributed by atoms with Crippen LogP contribution >= 0.6 is 15.9 Å². The molecule has 0 radical (unpaired) electrons. The highest BCUT2D eigenvalue weighted by Gasteiger charge is 2.15. The summed E-state index contributed by atoms with van der Waals surface area (Å²) in [5, 5.41) is 0. The Morgan fingerprint density at radius 1 is 0.963 bits per heavy atom. The molecule has 3 rings (SSSR count). The SMILES string of the molecule is O=C(CCOc1cccc(Br)c1)N(Cc1ccncc1)Cc1cccnc1. The predicted octanol–water partition coefficient (Wildman–Crippen LogP) is 4.24. The van der Waals surface area contributed by atoms with Gasteiger partial charge in [0.1, 0.15) is 5.75 Å². The zero-order chi connectivity index (χ0) is 18.9. The van der Waals surface area contributed by atoms with E-state index in [-0.39, 0.29) is 5.91 Å². The quantitative estimate of drug-likeness (QED) is 0.541. The maximum Gasteiger partial charge on any atom is 0.226 e. The molecule has 0 N–H and O–H groups in total. The molecule has 1 aromatic carbocycles. The predicted molar refractivity (Wildman–Crippen MR) is 107 cm³/mol. The summed E-state index contributed by atoms with van der Waals surface area (Å²) in [5.41, 5.74) is 2.03. The normalized spacial score (nSPS) is 10.4. The van der Waals surface area contributed by atoms with Crippen LogP contribution in [0.5, 0.6) is 5.75 Å². The van der Waals surface area contributed by atoms with Crippen molar-refractivity contribution in [1.82, 2.24) is 14.9 Å². The Morgan fingerprint density at radius 3 is 2.52 bits per heavy atom. The van der Waals surface area contributed by atoms with Crippen LogP contribution in [0.15, 0.2) is 77.8 Å². The molecule has 0 saturated carbocycles. The van der Waals surface area contributed by atoms with Gasteiger partial charge >= 0.3 is 0 Å². The van der Waals surface area contributed by atoms with Crippen LogP contribution in [0.1, 0.15) is 17.5 Å². The van der Waals surface area contributed by atoms with Crippen LogP contribution in [0.2, 0.25) is 0 Å². The smallest absolute Gasteiger partial charge is 0.226 e. The molecule has 0 aliphatic heterocycles. The molecule has 0 fully saturated rings. The number of rotatable bonds is 8. The number of ether oxygens (including phenoxy) is 1. The molecule has 0 aliphatic rings. The molecule has 1 amide bonds. The molecule has 0 bridgehead atoms. The van der Waals surface area contributed by atoms with E-state index >= 15 is 0 Å². The largest absolute Gasteiger partial charge is 0.493 e. The molecule has 0 unspecified atom stereocenters. The summed E-state index contributed by atoms with van der Waals surface area (Å²) in [5.74, 6) is 0.774. The first-order valence-electron chi connectivity index (χ1n) is 8.64. The van der Waals surface area contributed by atoms with Crippen LogP contribution in [-0.2, 0) is 17.9 Å². The highest BCUT2D eigenvalue weighted by Crippen LogP contribution is 2.18. The average molecular weight is 426 g/mol. The third-order valence-electron chi connectivity index (χ3n) is 3.95. The molecule has 2 heterocycles. The number of hydrogen-bond donors (Lipinski definition) is 0. The Bertz CT molecular complexity index is 818. The molecule has 0 atom stereocenters. The van der Waals surface area contributed by atoms with Crippen LogP contribution in [0, 0.1) is 0 Å². The summed E-state index contributed by atoms with van der Waals surface area (Å²) < 4.78 is 6.65. The van der Waals surface area contributed by atoms with Crippen molar-refractivity contribution in [2.45, 2.75) is 19.5 Å². The van der Waals surface area contributed by atoms with Gasteiger partial charge in [-0.15, -0.1) is 0 Å². The molecule has 0 saturated heterocycles. The molecular formula is C21H20BrN3O2. The van der Waals surface area contributed by atoms with Crippen molar-refractivity contribution in [2.24, 2.45) is 0 Å². The molecular weight excluding hydrogens is 406 g/mol. The molecule has 6 heteroatoms. The molecule has 2 aromatic heterocycles. The van der Waals surface area contributed by atoms with Crippen LogP contribution in [0.25, 0.3) is 0 Å². The lowest BCUT2D eigenvalue weighted by molar-refractivity contribution is -0.133. The number of pyridine rings is 2. The molecule has 138 valence electrons. The average Bonchev–Trinajstić information content (AvgIpc) is 2.69. The van der Waals surface area contributed by atoms with Gasteiger partial charge in [0.2, 0.25) is 5.91 Å². The van der Waals surface area contributed by atoms with Gasteiger partial charge in [-0.2, -0.15) is 0 Å². The number of hydrogen-bond acceptors (Lipinski definition) is 4. The minimum atomic E-state index is 0.0330. The number of nitrogens with zero attached hydrogens (tertiary/aromatic N) is 3. The van der Waals surface area contributed by atoms with Gasteiger partial charge < -0.3 is 9.64 Å². The zero-order valence-electron chi connectivity index (χ0n) is 14.8. The number of halogens is 1. The van der Waals surface area contributed by atoms with Gasteiger partial charge in [-0.05, 0) is 47.5 Å². The van der Waals surface area contributed by atoms with E-state index in [2.05, 4.69) is 25.9 Å². The summed E-state index contributed by atoms with van der Waals surface area (Å²) >= 11 is 3.41. The van der Waals surface area contributed by atoms with Crippen molar-refractivity contribution in [2.75, 3.05) is 6.61 Å². The number of benzene rings is 1. The van der Waals surface area contributed by atoms with E-state index in [0.717, 1.165) is 21.3 Å². The monoisotopic (exact) mass is 425 g/mol. The van der Waals surface area contributed by atoms with E-state index in [4.69, 9.17) is 4.74 Å². The molecule has 0 aliphatic carbocycles. The Balaban J connectivity index is 1.62. The van der Waals surface area contributed by atoms with E-state index < -0.39 is 0 Å². The molecule has 27 heavy (non-hydrogen) atoms. The number of aromatic nitrogens is 2. The standard InChI is InChI=1S/C21H20BrN3O2/c22-19-4-1-5-20(13-19)27-12-8-21(26)25(15-17-6-10-23-11-7-17)16-18-3-2-9-24-14-18/h1-7,9-11,13-14H,8,12,15-16H2. The maximum atomic E-state index is 12.8. The first-order valence-corrected chi connectivity index (χ1v) is 9.44. The number of amides is 1. The Labute approximate surface area is 167 Å². The van der Waals surface area contributed by atoms with Crippen molar-refractivity contribution < 1.29 is 9.53 Å². The fraction of sp³-hybridized carbons (Fsp3) is 0.190. The van der Waals surface area contributed by atoms with Crippen molar-refractivity contribution in [1.29, 1.82) is 0 Å².